The minimum Gasteiger partial charge on any atom is -0.368 e. The molecule has 0 unspecified atom stereocenters. The van der Waals surface area contributed by atoms with E-state index in [0.717, 1.165) is 18.8 Å². The number of halogens is 1. The highest BCUT2D eigenvalue weighted by atomic mass is 35.5. The summed E-state index contributed by atoms with van der Waals surface area (Å²) in [5.41, 5.74) is 1.87. The van der Waals surface area contributed by atoms with E-state index in [-0.39, 0.29) is 17.5 Å². The smallest absolute Gasteiger partial charge is 0.321 e. The molecule has 6 nitrogen and oxygen atoms in total. The second-order valence-electron chi connectivity index (χ2n) is 8.17. The Labute approximate surface area is 176 Å². The number of hydrogen-bond donors (Lipinski definition) is 2. The third kappa shape index (κ3) is 5.87. The Hall–Kier alpha value is -2.73. The molecule has 2 aromatic carbocycles. The number of benzene rings is 2. The predicted octanol–water partition coefficient (Wildman–Crippen LogP) is 4.22. The maximum atomic E-state index is 12.6. The Morgan fingerprint density at radius 3 is 2.31 bits per heavy atom. The highest BCUT2D eigenvalue weighted by molar-refractivity contribution is 6.30. The van der Waals surface area contributed by atoms with Crippen LogP contribution in [0.1, 0.15) is 31.1 Å². The minimum atomic E-state index is -0.320. The molecule has 1 saturated heterocycles. The van der Waals surface area contributed by atoms with Crippen LogP contribution in [0.15, 0.2) is 48.5 Å². The minimum absolute atomic E-state index is 0.163. The number of carbonyl (C=O) groups excluding carboxylic acids is 2. The maximum Gasteiger partial charge on any atom is 0.321 e. The van der Waals surface area contributed by atoms with Gasteiger partial charge in [-0.25, -0.2) is 4.79 Å². The number of piperazine rings is 1. The zero-order valence-corrected chi connectivity index (χ0v) is 17.8. The third-order valence-corrected chi connectivity index (χ3v) is 4.84. The molecule has 0 aromatic heterocycles. The lowest BCUT2D eigenvalue weighted by molar-refractivity contribution is 0.0919. The molecule has 2 N–H and O–H groups in total. The van der Waals surface area contributed by atoms with E-state index in [1.54, 1.807) is 29.2 Å². The van der Waals surface area contributed by atoms with E-state index in [9.17, 15) is 9.59 Å². The number of rotatable bonds is 3. The fourth-order valence-corrected chi connectivity index (χ4v) is 3.38. The van der Waals surface area contributed by atoms with E-state index < -0.39 is 0 Å². The fraction of sp³-hybridized carbons (Fsp3) is 0.364. The van der Waals surface area contributed by atoms with Gasteiger partial charge in [-0.1, -0.05) is 23.7 Å². The van der Waals surface area contributed by atoms with Gasteiger partial charge in [0.05, 0.1) is 0 Å². The van der Waals surface area contributed by atoms with Crippen LogP contribution in [0, 0.1) is 0 Å². The quantitative estimate of drug-likeness (QED) is 0.790. The van der Waals surface area contributed by atoms with Gasteiger partial charge in [0.25, 0.3) is 5.91 Å². The Kier molecular flexibility index (Phi) is 6.33. The number of amides is 3. The van der Waals surface area contributed by atoms with Crippen molar-refractivity contribution < 1.29 is 9.59 Å². The first kappa shape index (κ1) is 21.0. The van der Waals surface area contributed by atoms with Crippen molar-refractivity contribution in [3.05, 3.63) is 59.1 Å². The molecule has 154 valence electrons. The van der Waals surface area contributed by atoms with Gasteiger partial charge in [0.15, 0.2) is 0 Å². The van der Waals surface area contributed by atoms with Gasteiger partial charge in [-0.3, -0.25) is 4.79 Å². The molecule has 0 saturated carbocycles. The summed E-state index contributed by atoms with van der Waals surface area (Å²) in [6.45, 7) is 8.49. The molecule has 29 heavy (non-hydrogen) atoms. The molecule has 2 aromatic rings. The van der Waals surface area contributed by atoms with E-state index in [1.165, 1.54) is 0 Å². The first-order chi connectivity index (χ1) is 13.7. The second kappa shape index (κ2) is 8.74. The molecule has 3 rings (SSSR count). The SMILES string of the molecule is CC(C)(C)NC(=O)c1cccc(NC(=O)N2CCN(c3cccc(Cl)c3)CC2)c1. The van der Waals surface area contributed by atoms with Crippen LogP contribution < -0.4 is 15.5 Å². The Bertz CT molecular complexity index is 886. The number of nitrogens with one attached hydrogen (secondary N) is 2. The van der Waals surface area contributed by atoms with Crippen molar-refractivity contribution in [1.82, 2.24) is 10.2 Å². The van der Waals surface area contributed by atoms with E-state index in [1.807, 2.05) is 45.0 Å². The van der Waals surface area contributed by atoms with Crippen LogP contribution in [-0.4, -0.2) is 48.6 Å². The van der Waals surface area contributed by atoms with Gasteiger partial charge in [0.2, 0.25) is 0 Å². The molecule has 7 heteroatoms. The lowest BCUT2D eigenvalue weighted by atomic mass is 10.1. The van der Waals surface area contributed by atoms with Gasteiger partial charge in [0.1, 0.15) is 0 Å². The summed E-state index contributed by atoms with van der Waals surface area (Å²) in [5, 5.41) is 6.53. The van der Waals surface area contributed by atoms with Gasteiger partial charge < -0.3 is 20.4 Å². The third-order valence-electron chi connectivity index (χ3n) is 4.60. The Morgan fingerprint density at radius 2 is 1.66 bits per heavy atom. The van der Waals surface area contributed by atoms with Gasteiger partial charge in [-0.2, -0.15) is 0 Å². The van der Waals surface area contributed by atoms with Gasteiger partial charge in [0, 0.05) is 53.7 Å². The number of anilines is 2. The molecule has 0 spiro atoms. The van der Waals surface area contributed by atoms with Crippen molar-refractivity contribution in [3.8, 4) is 0 Å². The number of nitrogens with zero attached hydrogens (tertiary/aromatic N) is 2. The molecule has 0 radical (unpaired) electrons. The van der Waals surface area contributed by atoms with Crippen molar-refractivity contribution in [3.63, 3.8) is 0 Å². The molecule has 3 amide bonds. The summed E-state index contributed by atoms with van der Waals surface area (Å²) in [4.78, 5) is 29.0. The van der Waals surface area contributed by atoms with Crippen molar-refractivity contribution in [2.45, 2.75) is 26.3 Å². The molecule has 0 aliphatic carbocycles. The highest BCUT2D eigenvalue weighted by Crippen LogP contribution is 2.21. The normalized spacial score (nSPS) is 14.5. The predicted molar refractivity (Wildman–Crippen MR) is 118 cm³/mol. The molecule has 1 fully saturated rings. The van der Waals surface area contributed by atoms with E-state index in [0.29, 0.717) is 29.4 Å². The van der Waals surface area contributed by atoms with Crippen molar-refractivity contribution in [2.75, 3.05) is 36.4 Å². The largest absolute Gasteiger partial charge is 0.368 e. The first-order valence-corrected chi connectivity index (χ1v) is 10.1. The van der Waals surface area contributed by atoms with E-state index >= 15 is 0 Å². The molecule has 1 heterocycles. The van der Waals surface area contributed by atoms with Crippen molar-refractivity contribution in [2.24, 2.45) is 0 Å². The lowest BCUT2D eigenvalue weighted by Crippen LogP contribution is -2.50. The van der Waals surface area contributed by atoms with Crippen LogP contribution in [0.3, 0.4) is 0 Å². The summed E-state index contributed by atoms with van der Waals surface area (Å²) >= 11 is 6.07. The highest BCUT2D eigenvalue weighted by Gasteiger charge is 2.22. The fourth-order valence-electron chi connectivity index (χ4n) is 3.19. The molecular weight excluding hydrogens is 388 g/mol. The lowest BCUT2D eigenvalue weighted by Gasteiger charge is -2.36. The summed E-state index contributed by atoms with van der Waals surface area (Å²) in [5.74, 6) is -0.163. The zero-order chi connectivity index (χ0) is 21.0. The molecular formula is C22H27ClN4O2. The molecule has 1 aliphatic heterocycles. The average molecular weight is 415 g/mol. The average Bonchev–Trinajstić information content (AvgIpc) is 2.67. The summed E-state index contributed by atoms with van der Waals surface area (Å²) < 4.78 is 0. The van der Waals surface area contributed by atoms with Gasteiger partial charge >= 0.3 is 6.03 Å². The van der Waals surface area contributed by atoms with Gasteiger partial charge in [-0.05, 0) is 57.2 Å². The topological polar surface area (TPSA) is 64.7 Å². The van der Waals surface area contributed by atoms with Crippen LogP contribution in [0.2, 0.25) is 5.02 Å². The van der Waals surface area contributed by atoms with E-state index in [2.05, 4.69) is 15.5 Å². The second-order valence-corrected chi connectivity index (χ2v) is 8.61. The van der Waals surface area contributed by atoms with Crippen LogP contribution in [0.25, 0.3) is 0 Å². The summed E-state index contributed by atoms with van der Waals surface area (Å²) in [7, 11) is 0. The van der Waals surface area contributed by atoms with Crippen LogP contribution >= 0.6 is 11.6 Å². The van der Waals surface area contributed by atoms with Crippen molar-refractivity contribution in [1.29, 1.82) is 0 Å². The zero-order valence-electron chi connectivity index (χ0n) is 17.0. The Morgan fingerprint density at radius 1 is 0.966 bits per heavy atom. The molecule has 0 bridgehead atoms. The maximum absolute atomic E-state index is 12.6. The molecule has 0 atom stereocenters. The number of hydrogen-bond acceptors (Lipinski definition) is 3. The summed E-state index contributed by atoms with van der Waals surface area (Å²) in [6, 6.07) is 14.6. The number of carbonyl (C=O) groups is 2. The number of urea groups is 1. The van der Waals surface area contributed by atoms with Gasteiger partial charge in [-0.15, -0.1) is 0 Å². The van der Waals surface area contributed by atoms with Crippen LogP contribution in [0.4, 0.5) is 16.2 Å². The van der Waals surface area contributed by atoms with Crippen molar-refractivity contribution >= 4 is 34.9 Å². The standard InChI is InChI=1S/C22H27ClN4O2/c1-22(2,3)25-20(28)16-6-4-8-18(14-16)24-21(29)27-12-10-26(11-13-27)19-9-5-7-17(23)15-19/h4-9,14-15H,10-13H2,1-3H3,(H,24,29)(H,25,28). The molecule has 1 aliphatic rings. The summed E-state index contributed by atoms with van der Waals surface area (Å²) in [6.07, 6.45) is 0. The van der Waals surface area contributed by atoms with Crippen LogP contribution in [0.5, 0.6) is 0 Å². The van der Waals surface area contributed by atoms with Crippen LogP contribution in [-0.2, 0) is 0 Å². The first-order valence-electron chi connectivity index (χ1n) is 9.70. The van der Waals surface area contributed by atoms with E-state index in [4.69, 9.17) is 11.6 Å². The monoisotopic (exact) mass is 414 g/mol. The Balaban J connectivity index is 1.57.